The van der Waals surface area contributed by atoms with E-state index in [9.17, 15) is 4.79 Å². The first-order valence-corrected chi connectivity index (χ1v) is 7.79. The van der Waals surface area contributed by atoms with E-state index < -0.39 is 6.10 Å². The van der Waals surface area contributed by atoms with Gasteiger partial charge >= 0.3 is 0 Å². The Kier molecular flexibility index (Phi) is 3.94. The Morgan fingerprint density at radius 2 is 1.91 bits per heavy atom. The summed E-state index contributed by atoms with van der Waals surface area (Å²) < 4.78 is 5.61. The van der Waals surface area contributed by atoms with Gasteiger partial charge in [0, 0.05) is 0 Å². The lowest BCUT2D eigenvalue weighted by Gasteiger charge is -2.32. The van der Waals surface area contributed by atoms with Crippen LogP contribution in [0.15, 0.2) is 36.4 Å². The molecule has 120 valence electrons. The number of benzene rings is 1. The highest BCUT2D eigenvalue weighted by Crippen LogP contribution is 2.34. The Morgan fingerprint density at radius 3 is 2.57 bits per heavy atom. The summed E-state index contributed by atoms with van der Waals surface area (Å²) in [5.74, 6) is 1.82. The average molecular weight is 311 g/mol. The molecule has 0 radical (unpaired) electrons. The number of carbonyl (C=O) groups excluding carboxylic acids is 1. The molecule has 1 aliphatic rings. The normalized spacial score (nSPS) is 17.1. The highest BCUT2D eigenvalue weighted by molar-refractivity contribution is 5.98. The highest BCUT2D eigenvalue weighted by Gasteiger charge is 2.32. The van der Waals surface area contributed by atoms with Gasteiger partial charge < -0.3 is 10.5 Å². The number of hydrogen-bond acceptors (Lipinski definition) is 4. The fourth-order valence-corrected chi connectivity index (χ4v) is 2.64. The van der Waals surface area contributed by atoms with Gasteiger partial charge in [0.05, 0.1) is 6.54 Å². The maximum atomic E-state index is 12.5. The number of nitrogens with two attached hydrogens (primary N) is 1. The van der Waals surface area contributed by atoms with Crippen molar-refractivity contribution in [1.82, 2.24) is 4.98 Å². The molecule has 1 amide bonds. The molecule has 2 heterocycles. The van der Waals surface area contributed by atoms with Gasteiger partial charge in [0.2, 0.25) is 0 Å². The van der Waals surface area contributed by atoms with Gasteiger partial charge in [0.15, 0.2) is 17.7 Å². The molecule has 0 aliphatic carbocycles. The maximum Gasteiger partial charge on any atom is 0.269 e. The predicted octanol–water partition coefficient (Wildman–Crippen LogP) is 3.10. The van der Waals surface area contributed by atoms with Crippen molar-refractivity contribution in [3.8, 4) is 5.75 Å². The second-order valence-electron chi connectivity index (χ2n) is 6.14. The van der Waals surface area contributed by atoms with Gasteiger partial charge in [0.1, 0.15) is 5.82 Å². The van der Waals surface area contributed by atoms with Crippen LogP contribution in [0, 0.1) is 0 Å². The van der Waals surface area contributed by atoms with Crippen molar-refractivity contribution >= 4 is 17.5 Å². The summed E-state index contributed by atoms with van der Waals surface area (Å²) in [4.78, 5) is 18.4. The lowest BCUT2D eigenvalue weighted by atomic mass is 10.0. The Labute approximate surface area is 136 Å². The monoisotopic (exact) mass is 311 g/mol. The van der Waals surface area contributed by atoms with E-state index in [-0.39, 0.29) is 5.91 Å². The molecule has 2 aromatic rings. The SMILES string of the molecule is CC1Oc2ccc(N)nc2N(Cc2ccc(C(C)C)cc2)C1=O. The number of pyridine rings is 1. The number of amides is 1. The summed E-state index contributed by atoms with van der Waals surface area (Å²) in [7, 11) is 0. The third-order valence-electron chi connectivity index (χ3n) is 4.02. The molecule has 2 N–H and O–H groups in total. The van der Waals surface area contributed by atoms with Crippen LogP contribution in [-0.4, -0.2) is 17.0 Å². The Balaban J connectivity index is 1.92. The zero-order valence-electron chi connectivity index (χ0n) is 13.6. The van der Waals surface area contributed by atoms with Gasteiger partial charge in [-0.15, -0.1) is 0 Å². The second-order valence-corrected chi connectivity index (χ2v) is 6.14. The van der Waals surface area contributed by atoms with E-state index >= 15 is 0 Å². The number of hydrogen-bond donors (Lipinski definition) is 1. The van der Waals surface area contributed by atoms with E-state index in [0.717, 1.165) is 5.56 Å². The molecular weight excluding hydrogens is 290 g/mol. The average Bonchev–Trinajstić information content (AvgIpc) is 2.53. The molecule has 1 aromatic carbocycles. The Hall–Kier alpha value is -2.56. The summed E-state index contributed by atoms with van der Waals surface area (Å²) in [6.45, 7) is 6.51. The molecule has 0 saturated heterocycles. The molecule has 1 unspecified atom stereocenters. The molecule has 0 bridgehead atoms. The first-order valence-electron chi connectivity index (χ1n) is 7.79. The summed E-state index contributed by atoms with van der Waals surface area (Å²) in [6.07, 6.45) is -0.525. The van der Waals surface area contributed by atoms with Crippen molar-refractivity contribution in [1.29, 1.82) is 0 Å². The van der Waals surface area contributed by atoms with E-state index in [1.807, 2.05) is 0 Å². The quantitative estimate of drug-likeness (QED) is 0.945. The van der Waals surface area contributed by atoms with Gasteiger partial charge in [-0.2, -0.15) is 0 Å². The van der Waals surface area contributed by atoms with Crippen molar-refractivity contribution in [3.63, 3.8) is 0 Å². The maximum absolute atomic E-state index is 12.5. The molecule has 1 atom stereocenters. The first-order chi connectivity index (χ1) is 11.0. The van der Waals surface area contributed by atoms with Crippen LogP contribution >= 0.6 is 0 Å². The van der Waals surface area contributed by atoms with E-state index in [4.69, 9.17) is 10.5 Å². The van der Waals surface area contributed by atoms with Crippen LogP contribution in [0.25, 0.3) is 0 Å². The molecule has 3 rings (SSSR count). The van der Waals surface area contributed by atoms with Gasteiger partial charge in [0.25, 0.3) is 5.91 Å². The minimum atomic E-state index is -0.525. The zero-order chi connectivity index (χ0) is 16.6. The van der Waals surface area contributed by atoms with Gasteiger partial charge in [-0.3, -0.25) is 9.69 Å². The number of aromatic nitrogens is 1. The minimum Gasteiger partial charge on any atom is -0.477 e. The Morgan fingerprint density at radius 1 is 1.22 bits per heavy atom. The number of fused-ring (bicyclic) bond motifs is 1. The number of anilines is 2. The largest absolute Gasteiger partial charge is 0.477 e. The van der Waals surface area contributed by atoms with E-state index in [0.29, 0.717) is 29.8 Å². The summed E-state index contributed by atoms with van der Waals surface area (Å²) >= 11 is 0. The standard InChI is InChI=1S/C18H21N3O2/c1-11(2)14-6-4-13(5-7-14)10-21-17-15(8-9-16(19)20-17)23-12(3)18(21)22/h4-9,11-12H,10H2,1-3H3,(H2,19,20). The number of carbonyl (C=O) groups is 1. The Bertz CT molecular complexity index is 726. The minimum absolute atomic E-state index is 0.108. The van der Waals surface area contributed by atoms with Crippen LogP contribution < -0.4 is 15.4 Å². The van der Waals surface area contributed by atoms with Crippen LogP contribution in [0.3, 0.4) is 0 Å². The summed E-state index contributed by atoms with van der Waals surface area (Å²) in [5.41, 5.74) is 8.09. The van der Waals surface area contributed by atoms with Crippen LogP contribution in [-0.2, 0) is 11.3 Å². The molecule has 0 fully saturated rings. The fraction of sp³-hybridized carbons (Fsp3) is 0.333. The van der Waals surface area contributed by atoms with Gasteiger partial charge in [-0.25, -0.2) is 4.98 Å². The summed E-state index contributed by atoms with van der Waals surface area (Å²) in [5, 5.41) is 0. The van der Waals surface area contributed by atoms with E-state index in [1.54, 1.807) is 24.0 Å². The van der Waals surface area contributed by atoms with Crippen molar-refractivity contribution in [3.05, 3.63) is 47.5 Å². The molecule has 0 spiro atoms. The van der Waals surface area contributed by atoms with Crippen molar-refractivity contribution in [2.75, 3.05) is 10.6 Å². The van der Waals surface area contributed by atoms with Crippen LogP contribution in [0.5, 0.6) is 5.75 Å². The number of rotatable bonds is 3. The fourth-order valence-electron chi connectivity index (χ4n) is 2.64. The molecule has 23 heavy (non-hydrogen) atoms. The molecule has 1 aromatic heterocycles. The van der Waals surface area contributed by atoms with E-state index in [1.165, 1.54) is 5.56 Å². The highest BCUT2D eigenvalue weighted by atomic mass is 16.5. The van der Waals surface area contributed by atoms with Crippen LogP contribution in [0.1, 0.15) is 37.8 Å². The van der Waals surface area contributed by atoms with Crippen molar-refractivity contribution < 1.29 is 9.53 Å². The smallest absolute Gasteiger partial charge is 0.269 e. The first kappa shape index (κ1) is 15.3. The van der Waals surface area contributed by atoms with Crippen LogP contribution in [0.4, 0.5) is 11.6 Å². The van der Waals surface area contributed by atoms with Crippen molar-refractivity contribution in [2.45, 2.75) is 39.3 Å². The van der Waals surface area contributed by atoms with Crippen molar-refractivity contribution in [2.24, 2.45) is 0 Å². The topological polar surface area (TPSA) is 68.5 Å². The summed E-state index contributed by atoms with van der Waals surface area (Å²) in [6, 6.07) is 11.7. The number of ether oxygens (including phenoxy) is 1. The molecular formula is C18H21N3O2. The predicted molar refractivity (Wildman–Crippen MR) is 90.5 cm³/mol. The van der Waals surface area contributed by atoms with Crippen LogP contribution in [0.2, 0.25) is 0 Å². The second kappa shape index (κ2) is 5.91. The molecule has 5 nitrogen and oxygen atoms in total. The number of nitrogens with zero attached hydrogens (tertiary/aromatic N) is 2. The molecule has 1 aliphatic heterocycles. The zero-order valence-corrected chi connectivity index (χ0v) is 13.6. The lowest BCUT2D eigenvalue weighted by molar-refractivity contribution is -0.125. The third kappa shape index (κ3) is 2.99. The van der Waals surface area contributed by atoms with Gasteiger partial charge in [-0.1, -0.05) is 38.1 Å². The lowest BCUT2D eigenvalue weighted by Crippen LogP contribution is -2.44. The third-order valence-corrected chi connectivity index (χ3v) is 4.02. The molecule has 0 saturated carbocycles. The number of nitrogen functional groups attached to an aromatic ring is 1. The van der Waals surface area contributed by atoms with Gasteiger partial charge in [-0.05, 0) is 36.1 Å². The molecule has 5 heteroatoms. The van der Waals surface area contributed by atoms with E-state index in [2.05, 4.69) is 43.1 Å².